The molecule has 0 fully saturated rings. The summed E-state index contributed by atoms with van der Waals surface area (Å²) in [5.74, 6) is 0. The molecule has 0 aromatic heterocycles. The van der Waals surface area contributed by atoms with Crippen molar-refractivity contribution in [1.82, 2.24) is 5.32 Å². The molecular formula is C14H22BrNS. The highest BCUT2D eigenvalue weighted by atomic mass is 79.9. The van der Waals surface area contributed by atoms with Crippen molar-refractivity contribution in [2.75, 3.05) is 6.54 Å². The average Bonchev–Trinajstić information content (AvgIpc) is 2.19. The van der Waals surface area contributed by atoms with E-state index in [9.17, 15) is 0 Å². The fourth-order valence-corrected chi connectivity index (χ4v) is 3.21. The predicted octanol–water partition coefficient (Wildman–Crippen LogP) is 5.01. The Morgan fingerprint density at radius 3 is 2.47 bits per heavy atom. The van der Waals surface area contributed by atoms with Crippen LogP contribution >= 0.6 is 27.7 Å². The molecule has 0 spiro atoms. The molecule has 0 aliphatic heterocycles. The van der Waals surface area contributed by atoms with E-state index < -0.39 is 0 Å². The number of hydrogen-bond donors (Lipinski definition) is 1. The molecule has 1 rings (SSSR count). The summed E-state index contributed by atoms with van der Waals surface area (Å²) in [5.41, 5.74) is 1.33. The van der Waals surface area contributed by atoms with Gasteiger partial charge in [-0.2, -0.15) is 0 Å². The molecule has 1 aromatic carbocycles. The number of thioether (sulfide) groups is 1. The van der Waals surface area contributed by atoms with E-state index in [1.807, 2.05) is 11.8 Å². The smallest absolute Gasteiger partial charge is 0.0314 e. The molecule has 3 heteroatoms. The van der Waals surface area contributed by atoms with Crippen LogP contribution < -0.4 is 5.32 Å². The molecule has 0 amide bonds. The monoisotopic (exact) mass is 315 g/mol. The predicted molar refractivity (Wildman–Crippen MR) is 81.8 cm³/mol. The molecule has 0 saturated heterocycles. The number of halogens is 1. The molecule has 1 N–H and O–H groups in total. The van der Waals surface area contributed by atoms with E-state index in [4.69, 9.17) is 0 Å². The lowest BCUT2D eigenvalue weighted by Crippen LogP contribution is -2.17. The molecular weight excluding hydrogens is 294 g/mol. The van der Waals surface area contributed by atoms with Crippen molar-refractivity contribution in [2.45, 2.75) is 50.3 Å². The average molecular weight is 316 g/mol. The van der Waals surface area contributed by atoms with Gasteiger partial charge < -0.3 is 5.32 Å². The Hall–Kier alpha value is 0.01000. The molecule has 0 bridgehead atoms. The van der Waals surface area contributed by atoms with Gasteiger partial charge in [0.15, 0.2) is 0 Å². The van der Waals surface area contributed by atoms with E-state index in [0.29, 0.717) is 6.04 Å². The van der Waals surface area contributed by atoms with E-state index >= 15 is 0 Å². The fraction of sp³-hybridized carbons (Fsp3) is 0.571. The van der Waals surface area contributed by atoms with E-state index in [1.165, 1.54) is 14.9 Å². The maximum Gasteiger partial charge on any atom is 0.0314 e. The zero-order valence-electron chi connectivity index (χ0n) is 11.3. The van der Waals surface area contributed by atoms with Crippen molar-refractivity contribution in [3.63, 3.8) is 0 Å². The first-order chi connectivity index (χ1) is 7.83. The summed E-state index contributed by atoms with van der Waals surface area (Å²) in [6.45, 7) is 12.0. The third kappa shape index (κ3) is 5.02. The van der Waals surface area contributed by atoms with Gasteiger partial charge in [-0.3, -0.25) is 0 Å². The highest BCUT2D eigenvalue weighted by Crippen LogP contribution is 2.37. The topological polar surface area (TPSA) is 12.0 Å². The van der Waals surface area contributed by atoms with Crippen molar-refractivity contribution in [2.24, 2.45) is 0 Å². The summed E-state index contributed by atoms with van der Waals surface area (Å²) in [7, 11) is 0. The Morgan fingerprint density at radius 2 is 2.00 bits per heavy atom. The van der Waals surface area contributed by atoms with Gasteiger partial charge in [-0.25, -0.2) is 0 Å². The van der Waals surface area contributed by atoms with Crippen molar-refractivity contribution in [1.29, 1.82) is 0 Å². The van der Waals surface area contributed by atoms with Gasteiger partial charge in [0, 0.05) is 20.2 Å². The van der Waals surface area contributed by atoms with Crippen molar-refractivity contribution in [3.05, 3.63) is 28.2 Å². The second kappa shape index (κ2) is 6.26. The minimum Gasteiger partial charge on any atom is -0.310 e. The van der Waals surface area contributed by atoms with Gasteiger partial charge in [-0.05, 0) is 47.1 Å². The second-order valence-electron chi connectivity index (χ2n) is 5.18. The van der Waals surface area contributed by atoms with E-state index in [1.54, 1.807) is 0 Å². The quantitative estimate of drug-likeness (QED) is 0.784. The number of nitrogens with one attached hydrogen (secondary N) is 1. The molecule has 1 aromatic rings. The molecule has 0 radical (unpaired) electrons. The first kappa shape index (κ1) is 15.1. The fourth-order valence-electron chi connectivity index (χ4n) is 1.62. The summed E-state index contributed by atoms with van der Waals surface area (Å²) in [5, 5.41) is 3.43. The molecule has 1 unspecified atom stereocenters. The van der Waals surface area contributed by atoms with Crippen molar-refractivity contribution in [3.8, 4) is 0 Å². The molecule has 1 nitrogen and oxygen atoms in total. The first-order valence-corrected chi connectivity index (χ1v) is 7.66. The minimum absolute atomic E-state index is 0.247. The van der Waals surface area contributed by atoms with Crippen LogP contribution in [0.5, 0.6) is 0 Å². The lowest BCUT2D eigenvalue weighted by atomic mass is 10.1. The van der Waals surface area contributed by atoms with Crippen LogP contribution in [0.2, 0.25) is 0 Å². The SMILES string of the molecule is CCNC(C)c1ccc(SC(C)(C)C)c(Br)c1. The molecule has 0 aliphatic rings. The van der Waals surface area contributed by atoms with Gasteiger partial charge in [-0.1, -0.05) is 33.8 Å². The van der Waals surface area contributed by atoms with Gasteiger partial charge in [-0.15, -0.1) is 11.8 Å². The third-order valence-electron chi connectivity index (χ3n) is 2.38. The molecule has 96 valence electrons. The number of benzene rings is 1. The largest absolute Gasteiger partial charge is 0.310 e. The first-order valence-electron chi connectivity index (χ1n) is 6.05. The van der Waals surface area contributed by atoms with Crippen LogP contribution in [-0.2, 0) is 0 Å². The van der Waals surface area contributed by atoms with Crippen molar-refractivity contribution < 1.29 is 0 Å². The van der Waals surface area contributed by atoms with Gasteiger partial charge in [0.1, 0.15) is 0 Å². The Morgan fingerprint density at radius 1 is 1.35 bits per heavy atom. The second-order valence-corrected chi connectivity index (χ2v) is 7.91. The number of hydrogen-bond acceptors (Lipinski definition) is 2. The van der Waals surface area contributed by atoms with E-state index in [-0.39, 0.29) is 4.75 Å². The maximum atomic E-state index is 3.67. The van der Waals surface area contributed by atoms with Crippen molar-refractivity contribution >= 4 is 27.7 Å². The lowest BCUT2D eigenvalue weighted by Gasteiger charge is -2.20. The van der Waals surface area contributed by atoms with Gasteiger partial charge in [0.05, 0.1) is 0 Å². The van der Waals surface area contributed by atoms with Crippen LogP contribution in [0, 0.1) is 0 Å². The van der Waals surface area contributed by atoms with Gasteiger partial charge in [0.2, 0.25) is 0 Å². The highest BCUT2D eigenvalue weighted by molar-refractivity contribution is 9.10. The zero-order chi connectivity index (χ0) is 13.1. The Labute approximate surface area is 118 Å². The number of rotatable bonds is 4. The Bertz CT molecular complexity index is 371. The summed E-state index contributed by atoms with van der Waals surface area (Å²) in [4.78, 5) is 1.31. The standard InChI is InChI=1S/C14H22BrNS/c1-6-16-10(2)11-7-8-13(12(15)9-11)17-14(3,4)5/h7-10,16H,6H2,1-5H3. The zero-order valence-corrected chi connectivity index (χ0v) is 13.7. The van der Waals surface area contributed by atoms with Gasteiger partial charge in [0.25, 0.3) is 0 Å². The van der Waals surface area contributed by atoms with Crippen LogP contribution in [0.25, 0.3) is 0 Å². The van der Waals surface area contributed by atoms with Gasteiger partial charge >= 0.3 is 0 Å². The molecule has 0 heterocycles. The summed E-state index contributed by atoms with van der Waals surface area (Å²) in [6.07, 6.45) is 0. The maximum absolute atomic E-state index is 3.67. The molecule has 0 aliphatic carbocycles. The van der Waals surface area contributed by atoms with E-state index in [2.05, 4.69) is 74.1 Å². The minimum atomic E-state index is 0.247. The third-order valence-corrected chi connectivity index (χ3v) is 4.49. The van der Waals surface area contributed by atoms with E-state index in [0.717, 1.165) is 6.54 Å². The van der Waals surface area contributed by atoms with Crippen LogP contribution in [0.1, 0.15) is 46.2 Å². The Balaban J connectivity index is 2.86. The lowest BCUT2D eigenvalue weighted by molar-refractivity contribution is 0.597. The summed E-state index contributed by atoms with van der Waals surface area (Å²) < 4.78 is 1.44. The van der Waals surface area contributed by atoms with Crippen LogP contribution in [0.4, 0.5) is 0 Å². The summed E-state index contributed by atoms with van der Waals surface area (Å²) in [6, 6.07) is 7.06. The Kier molecular flexibility index (Phi) is 5.55. The molecule has 1 atom stereocenters. The van der Waals surface area contributed by atoms with Crippen LogP contribution in [0.3, 0.4) is 0 Å². The van der Waals surface area contributed by atoms with Crippen LogP contribution in [-0.4, -0.2) is 11.3 Å². The molecule has 0 saturated carbocycles. The summed E-state index contributed by atoms with van der Waals surface area (Å²) >= 11 is 5.56. The molecule has 17 heavy (non-hydrogen) atoms. The van der Waals surface area contributed by atoms with Crippen LogP contribution in [0.15, 0.2) is 27.6 Å². The highest BCUT2D eigenvalue weighted by Gasteiger charge is 2.15. The normalized spacial score (nSPS) is 13.8.